The molecule has 0 aromatic rings. The van der Waals surface area contributed by atoms with E-state index in [1.54, 1.807) is 0 Å². The minimum Gasteiger partial charge on any atom is -0.365 e. The molecule has 0 radical (unpaired) electrons. The van der Waals surface area contributed by atoms with Crippen LogP contribution in [0.25, 0.3) is 0 Å². The number of halogens is 6. The Labute approximate surface area is 116 Å². The highest BCUT2D eigenvalue weighted by molar-refractivity contribution is 6.68. The van der Waals surface area contributed by atoms with Crippen molar-refractivity contribution in [2.45, 2.75) is 26.3 Å². The summed E-state index contributed by atoms with van der Waals surface area (Å²) < 4.78 is -3.37. The Morgan fingerprint density at radius 2 is 1.07 bits per heavy atom. The van der Waals surface area contributed by atoms with Crippen LogP contribution in [0.2, 0.25) is 0 Å². The summed E-state index contributed by atoms with van der Waals surface area (Å²) in [6.45, 7) is 0. The first kappa shape index (κ1) is 14.6. The Morgan fingerprint density at radius 3 is 1.33 bits per heavy atom. The van der Waals surface area contributed by atoms with Gasteiger partial charge in [-0.3, -0.25) is 16.0 Å². The highest BCUT2D eigenvalue weighted by atomic mass is 35.6. The zero-order valence-corrected chi connectivity index (χ0v) is 11.5. The van der Waals surface area contributed by atoms with Crippen LogP contribution in [-0.4, -0.2) is 31.4 Å². The van der Waals surface area contributed by atoms with E-state index >= 15 is 0 Å². The van der Waals surface area contributed by atoms with E-state index in [4.69, 9.17) is 69.6 Å². The molecule has 1 saturated heterocycles. The fourth-order valence-corrected chi connectivity index (χ4v) is 1.76. The summed E-state index contributed by atoms with van der Waals surface area (Å²) in [4.78, 5) is 0. The zero-order chi connectivity index (χ0) is 11.9. The van der Waals surface area contributed by atoms with E-state index in [1.807, 2.05) is 0 Å². The number of hydrogen-bond donors (Lipinski definition) is 4. The van der Waals surface area contributed by atoms with Gasteiger partial charge in [0.15, 0.2) is 6.35 Å². The second kappa shape index (κ2) is 5.06. The number of aliphatic hydroxyl groups is 1. The summed E-state index contributed by atoms with van der Waals surface area (Å²) in [5, 5.41) is 17.1. The van der Waals surface area contributed by atoms with E-state index in [2.05, 4.69) is 16.0 Å². The average molecular weight is 338 g/mol. The van der Waals surface area contributed by atoms with Crippen molar-refractivity contribution in [2.75, 3.05) is 0 Å². The van der Waals surface area contributed by atoms with Crippen LogP contribution in [0.15, 0.2) is 0 Å². The molecule has 1 aliphatic heterocycles. The second-order valence-corrected chi connectivity index (χ2v) is 7.59. The van der Waals surface area contributed by atoms with Gasteiger partial charge in [-0.1, -0.05) is 69.6 Å². The molecule has 0 spiro atoms. The number of alkyl halides is 6. The van der Waals surface area contributed by atoms with Crippen molar-refractivity contribution in [3.8, 4) is 0 Å². The molecule has 0 amide bonds. The van der Waals surface area contributed by atoms with Gasteiger partial charge in [0, 0.05) is 0 Å². The lowest BCUT2D eigenvalue weighted by atomic mass is 10.4. The predicted molar refractivity (Wildman–Crippen MR) is 63.6 cm³/mol. The van der Waals surface area contributed by atoms with Crippen LogP contribution in [0.4, 0.5) is 0 Å². The second-order valence-electron chi connectivity index (χ2n) is 2.85. The lowest BCUT2D eigenvalue weighted by molar-refractivity contribution is 0.0295. The summed E-state index contributed by atoms with van der Waals surface area (Å²) >= 11 is 33.8. The SMILES string of the molecule is OC1NC(C(Cl)(Cl)Cl)NC(C(Cl)(Cl)Cl)N1. The van der Waals surface area contributed by atoms with Gasteiger partial charge in [0.2, 0.25) is 7.59 Å². The highest BCUT2D eigenvalue weighted by Crippen LogP contribution is 2.34. The molecular formula is C5H7Cl6N3O. The quantitative estimate of drug-likeness (QED) is 0.505. The Kier molecular flexibility index (Phi) is 4.94. The van der Waals surface area contributed by atoms with E-state index < -0.39 is 26.3 Å². The Balaban J connectivity index is 2.73. The maximum absolute atomic E-state index is 9.36. The molecule has 0 saturated carbocycles. The Hall–Kier alpha value is 1.58. The highest BCUT2D eigenvalue weighted by Gasteiger charge is 2.44. The van der Waals surface area contributed by atoms with Crippen LogP contribution in [0.3, 0.4) is 0 Å². The van der Waals surface area contributed by atoms with Gasteiger partial charge in [0.1, 0.15) is 12.3 Å². The summed E-state index contributed by atoms with van der Waals surface area (Å²) in [6, 6.07) is 0. The molecule has 4 nitrogen and oxygen atoms in total. The molecule has 10 heteroatoms. The van der Waals surface area contributed by atoms with Gasteiger partial charge in [0.05, 0.1) is 0 Å². The first-order valence-electron chi connectivity index (χ1n) is 3.70. The number of hydrogen-bond acceptors (Lipinski definition) is 4. The van der Waals surface area contributed by atoms with Crippen LogP contribution in [-0.2, 0) is 0 Å². The van der Waals surface area contributed by atoms with Crippen molar-refractivity contribution in [3.05, 3.63) is 0 Å². The number of nitrogens with one attached hydrogen (secondary N) is 3. The fraction of sp³-hybridized carbons (Fsp3) is 1.00. The lowest BCUT2D eigenvalue weighted by Crippen LogP contribution is -2.73. The van der Waals surface area contributed by atoms with Gasteiger partial charge < -0.3 is 5.11 Å². The van der Waals surface area contributed by atoms with E-state index in [1.165, 1.54) is 0 Å². The van der Waals surface area contributed by atoms with Crippen molar-refractivity contribution < 1.29 is 5.11 Å². The third-order valence-electron chi connectivity index (χ3n) is 1.64. The van der Waals surface area contributed by atoms with Crippen molar-refractivity contribution in [1.82, 2.24) is 16.0 Å². The molecule has 1 heterocycles. The van der Waals surface area contributed by atoms with Crippen molar-refractivity contribution in [2.24, 2.45) is 0 Å². The van der Waals surface area contributed by atoms with Crippen molar-refractivity contribution in [1.29, 1.82) is 0 Å². The smallest absolute Gasteiger partial charge is 0.218 e. The van der Waals surface area contributed by atoms with Gasteiger partial charge in [0.25, 0.3) is 0 Å². The summed E-state index contributed by atoms with van der Waals surface area (Å²) in [6.07, 6.45) is -2.84. The van der Waals surface area contributed by atoms with E-state index in [9.17, 15) is 5.11 Å². The van der Waals surface area contributed by atoms with Crippen LogP contribution >= 0.6 is 69.6 Å². The van der Waals surface area contributed by atoms with Gasteiger partial charge in [-0.15, -0.1) is 0 Å². The molecule has 4 N–H and O–H groups in total. The zero-order valence-electron chi connectivity index (χ0n) is 6.95. The maximum atomic E-state index is 9.36. The fourth-order valence-electron chi connectivity index (χ4n) is 1.00. The molecule has 0 aliphatic carbocycles. The average Bonchev–Trinajstić information content (AvgIpc) is 1.99. The van der Waals surface area contributed by atoms with Crippen LogP contribution in [0, 0.1) is 0 Å². The molecule has 0 bridgehead atoms. The lowest BCUT2D eigenvalue weighted by Gasteiger charge is -2.41. The molecule has 0 aromatic carbocycles. The first-order valence-corrected chi connectivity index (χ1v) is 5.97. The molecule has 2 atom stereocenters. The van der Waals surface area contributed by atoms with Gasteiger partial charge >= 0.3 is 0 Å². The molecule has 1 fully saturated rings. The van der Waals surface area contributed by atoms with E-state index in [-0.39, 0.29) is 0 Å². The van der Waals surface area contributed by atoms with E-state index in [0.717, 1.165) is 0 Å². The van der Waals surface area contributed by atoms with Gasteiger partial charge in [-0.05, 0) is 0 Å². The Bertz CT molecular complexity index is 206. The topological polar surface area (TPSA) is 56.3 Å². The monoisotopic (exact) mass is 335 g/mol. The Morgan fingerprint density at radius 1 is 0.733 bits per heavy atom. The third-order valence-corrected chi connectivity index (χ3v) is 2.95. The van der Waals surface area contributed by atoms with Crippen LogP contribution < -0.4 is 16.0 Å². The van der Waals surface area contributed by atoms with E-state index in [0.29, 0.717) is 0 Å². The summed E-state index contributed by atoms with van der Waals surface area (Å²) in [5.41, 5.74) is 0. The van der Waals surface area contributed by atoms with Gasteiger partial charge in [-0.2, -0.15) is 0 Å². The number of rotatable bonds is 0. The van der Waals surface area contributed by atoms with Crippen molar-refractivity contribution >= 4 is 69.6 Å². The van der Waals surface area contributed by atoms with Crippen LogP contribution in [0.1, 0.15) is 0 Å². The van der Waals surface area contributed by atoms with Gasteiger partial charge in [-0.25, -0.2) is 0 Å². The third kappa shape index (κ3) is 4.39. The summed E-state index contributed by atoms with van der Waals surface area (Å²) in [5.74, 6) is 0. The molecule has 2 unspecified atom stereocenters. The summed E-state index contributed by atoms with van der Waals surface area (Å²) in [7, 11) is 0. The first-order chi connectivity index (χ1) is 6.60. The molecule has 1 aliphatic rings. The maximum Gasteiger partial charge on any atom is 0.218 e. The largest absolute Gasteiger partial charge is 0.365 e. The molecule has 15 heavy (non-hydrogen) atoms. The standard InChI is InChI=1S/C5H7Cl6N3O/c6-4(7,8)1-12-2(5(9,10)11)14-3(15)13-1/h1-3,12-15H. The van der Waals surface area contributed by atoms with Crippen molar-refractivity contribution in [3.63, 3.8) is 0 Å². The molecular weight excluding hydrogens is 331 g/mol. The van der Waals surface area contributed by atoms with Crippen LogP contribution in [0.5, 0.6) is 0 Å². The molecule has 90 valence electrons. The molecule has 0 aromatic heterocycles. The normalized spacial score (nSPS) is 34.2. The predicted octanol–water partition coefficient (Wildman–Crippen LogP) is 1.44. The molecule has 1 rings (SSSR count). The number of aliphatic hydroxyl groups excluding tert-OH is 1. The minimum atomic E-state index is -1.68. The minimum absolute atomic E-state index is 0.848.